The lowest BCUT2D eigenvalue weighted by molar-refractivity contribution is -0.109. The van der Waals surface area contributed by atoms with Crippen LogP contribution in [0.25, 0.3) is 0 Å². The van der Waals surface area contributed by atoms with Gasteiger partial charge in [-0.15, -0.1) is 0 Å². The minimum absolute atomic E-state index is 0.0180. The molecule has 0 heterocycles. The van der Waals surface area contributed by atoms with Gasteiger partial charge in [-0.05, 0) is 6.08 Å². The van der Waals surface area contributed by atoms with Crippen LogP contribution < -0.4 is 5.32 Å². The van der Waals surface area contributed by atoms with E-state index in [1.807, 2.05) is 0 Å². The molecule has 0 saturated heterocycles. The fourth-order valence-corrected chi connectivity index (χ4v) is 0.753. The van der Waals surface area contributed by atoms with Gasteiger partial charge in [-0.25, -0.2) is 0 Å². The van der Waals surface area contributed by atoms with Crippen molar-refractivity contribution in [2.24, 2.45) is 0 Å². The summed E-state index contributed by atoms with van der Waals surface area (Å²) in [6.45, 7) is 0. The first kappa shape index (κ1) is 12.4. The first-order chi connectivity index (χ1) is 6.47. The second-order valence-electron chi connectivity index (χ2n) is 2.22. The van der Waals surface area contributed by atoms with E-state index in [1.165, 1.54) is 7.05 Å². The number of allylic oxidation sites excluding steroid dienone is 3. The molecule has 0 aromatic heterocycles. The maximum atomic E-state index is 12.2. The fraction of sp³-hybridized carbons (Fsp3) is 0.250. The van der Waals surface area contributed by atoms with Gasteiger partial charge in [0.05, 0.1) is 5.57 Å². The Hall–Kier alpha value is -1.59. The highest BCUT2D eigenvalue weighted by Gasteiger charge is 2.35. The van der Waals surface area contributed by atoms with Crippen LogP contribution in [-0.4, -0.2) is 25.8 Å². The molecule has 0 saturated carbocycles. The molecule has 0 aliphatic carbocycles. The molecular weight excluding hydrogens is 199 g/mol. The molecule has 0 aromatic rings. The normalized spacial score (nSPS) is 13.7. The fourth-order valence-electron chi connectivity index (χ4n) is 0.753. The number of hydrogen-bond acceptors (Lipinski definition) is 3. The number of aldehydes is 2. The van der Waals surface area contributed by atoms with Crippen molar-refractivity contribution < 1.29 is 22.8 Å². The van der Waals surface area contributed by atoms with Gasteiger partial charge >= 0.3 is 6.18 Å². The van der Waals surface area contributed by atoms with Crippen LogP contribution >= 0.6 is 0 Å². The third-order valence-corrected chi connectivity index (χ3v) is 1.28. The molecule has 0 atom stereocenters. The number of hydrogen-bond donors (Lipinski definition) is 1. The Morgan fingerprint density at radius 1 is 1.29 bits per heavy atom. The van der Waals surface area contributed by atoms with Crippen LogP contribution in [0, 0.1) is 0 Å². The van der Waals surface area contributed by atoms with Crippen LogP contribution in [0.15, 0.2) is 23.4 Å². The maximum absolute atomic E-state index is 12.2. The lowest BCUT2D eigenvalue weighted by Gasteiger charge is -2.09. The van der Waals surface area contributed by atoms with Gasteiger partial charge in [0.25, 0.3) is 0 Å². The molecule has 0 aliphatic heterocycles. The van der Waals surface area contributed by atoms with Crippen LogP contribution in [-0.2, 0) is 9.59 Å². The van der Waals surface area contributed by atoms with Gasteiger partial charge in [-0.3, -0.25) is 9.59 Å². The Kier molecular flexibility index (Phi) is 4.62. The molecule has 0 unspecified atom stereocenters. The minimum atomic E-state index is -4.72. The highest BCUT2D eigenvalue weighted by atomic mass is 19.4. The number of carbonyl (C=O) groups is 2. The van der Waals surface area contributed by atoms with Gasteiger partial charge in [0.2, 0.25) is 0 Å². The van der Waals surface area contributed by atoms with Gasteiger partial charge in [-0.2, -0.15) is 13.2 Å². The topological polar surface area (TPSA) is 46.2 Å². The standard InChI is InChI=1S/C8H8F3NO2/c1-12-4-6(5-14)7(2-3-13)8(9,10)11/h2-5,12H,1H3/b6-4-,7-2+. The van der Waals surface area contributed by atoms with Crippen molar-refractivity contribution >= 4 is 12.6 Å². The summed E-state index contributed by atoms with van der Waals surface area (Å²) in [6, 6.07) is 0. The van der Waals surface area contributed by atoms with E-state index in [0.29, 0.717) is 6.08 Å². The Labute approximate surface area is 78.3 Å². The summed E-state index contributed by atoms with van der Waals surface area (Å²) in [6.07, 6.45) is -3.53. The third kappa shape index (κ3) is 3.42. The number of carbonyl (C=O) groups excluding carboxylic acids is 2. The molecule has 78 valence electrons. The molecule has 6 heteroatoms. The van der Waals surface area contributed by atoms with Gasteiger partial charge in [0.15, 0.2) is 6.29 Å². The highest BCUT2D eigenvalue weighted by Crippen LogP contribution is 2.29. The molecular formula is C8H8F3NO2. The van der Waals surface area contributed by atoms with Crippen molar-refractivity contribution in [1.82, 2.24) is 5.32 Å². The van der Waals surface area contributed by atoms with Gasteiger partial charge in [-0.1, -0.05) is 0 Å². The van der Waals surface area contributed by atoms with E-state index in [-0.39, 0.29) is 12.6 Å². The van der Waals surface area contributed by atoms with E-state index in [1.54, 1.807) is 0 Å². The summed E-state index contributed by atoms with van der Waals surface area (Å²) < 4.78 is 36.6. The summed E-state index contributed by atoms with van der Waals surface area (Å²) >= 11 is 0. The second-order valence-corrected chi connectivity index (χ2v) is 2.22. The zero-order valence-corrected chi connectivity index (χ0v) is 7.26. The largest absolute Gasteiger partial charge is 0.417 e. The number of alkyl halides is 3. The SMILES string of the molecule is CN/C=C(C=O)\C(=C/C=O)C(F)(F)F. The van der Waals surface area contributed by atoms with Crippen molar-refractivity contribution in [3.8, 4) is 0 Å². The molecule has 0 radical (unpaired) electrons. The van der Waals surface area contributed by atoms with Crippen LogP contribution in [0.1, 0.15) is 0 Å². The van der Waals surface area contributed by atoms with E-state index in [0.717, 1.165) is 6.20 Å². The zero-order valence-electron chi connectivity index (χ0n) is 7.26. The highest BCUT2D eigenvalue weighted by molar-refractivity contribution is 5.84. The Morgan fingerprint density at radius 3 is 2.14 bits per heavy atom. The third-order valence-electron chi connectivity index (χ3n) is 1.28. The first-order valence-electron chi connectivity index (χ1n) is 3.53. The average Bonchev–Trinajstić information content (AvgIpc) is 2.09. The molecule has 3 nitrogen and oxygen atoms in total. The minimum Gasteiger partial charge on any atom is -0.393 e. The second kappa shape index (κ2) is 5.21. The van der Waals surface area contributed by atoms with Crippen molar-refractivity contribution in [1.29, 1.82) is 0 Å². The molecule has 0 aromatic carbocycles. The summed E-state index contributed by atoms with van der Waals surface area (Å²) in [5.74, 6) is 0. The molecule has 0 amide bonds. The van der Waals surface area contributed by atoms with E-state index in [2.05, 4.69) is 5.32 Å². The van der Waals surface area contributed by atoms with Crippen LogP contribution in [0.5, 0.6) is 0 Å². The number of rotatable bonds is 4. The van der Waals surface area contributed by atoms with Gasteiger partial charge in [0.1, 0.15) is 6.29 Å². The molecule has 14 heavy (non-hydrogen) atoms. The van der Waals surface area contributed by atoms with Crippen molar-refractivity contribution in [2.75, 3.05) is 7.05 Å². The molecule has 0 fully saturated rings. The predicted octanol–water partition coefficient (Wildman–Crippen LogP) is 0.976. The quantitative estimate of drug-likeness (QED) is 0.424. The Bertz CT molecular complexity index is 279. The smallest absolute Gasteiger partial charge is 0.393 e. The molecule has 0 spiro atoms. The van der Waals surface area contributed by atoms with E-state index < -0.39 is 17.3 Å². The van der Waals surface area contributed by atoms with Gasteiger partial charge in [0, 0.05) is 18.8 Å². The molecule has 1 N–H and O–H groups in total. The monoisotopic (exact) mass is 207 g/mol. The van der Waals surface area contributed by atoms with Crippen molar-refractivity contribution in [3.63, 3.8) is 0 Å². The lowest BCUT2D eigenvalue weighted by atomic mass is 10.1. The van der Waals surface area contributed by atoms with Crippen LogP contribution in [0.3, 0.4) is 0 Å². The maximum Gasteiger partial charge on any atom is 0.417 e. The number of halogens is 3. The Balaban J connectivity index is 5.21. The summed E-state index contributed by atoms with van der Waals surface area (Å²) in [5.41, 5.74) is -1.89. The van der Waals surface area contributed by atoms with E-state index >= 15 is 0 Å². The van der Waals surface area contributed by atoms with Crippen molar-refractivity contribution in [2.45, 2.75) is 6.18 Å². The summed E-state index contributed by atoms with van der Waals surface area (Å²) in [5, 5.41) is 2.28. The Morgan fingerprint density at radius 2 is 1.86 bits per heavy atom. The predicted molar refractivity (Wildman–Crippen MR) is 43.4 cm³/mol. The first-order valence-corrected chi connectivity index (χ1v) is 3.53. The van der Waals surface area contributed by atoms with Gasteiger partial charge < -0.3 is 5.32 Å². The zero-order chi connectivity index (χ0) is 11.2. The van der Waals surface area contributed by atoms with E-state index in [4.69, 9.17) is 0 Å². The van der Waals surface area contributed by atoms with Crippen LogP contribution in [0.2, 0.25) is 0 Å². The summed E-state index contributed by atoms with van der Waals surface area (Å²) in [7, 11) is 1.35. The molecule has 0 bridgehead atoms. The van der Waals surface area contributed by atoms with E-state index in [9.17, 15) is 22.8 Å². The summed E-state index contributed by atoms with van der Waals surface area (Å²) in [4.78, 5) is 20.2. The number of nitrogens with one attached hydrogen (secondary N) is 1. The lowest BCUT2D eigenvalue weighted by Crippen LogP contribution is -2.16. The van der Waals surface area contributed by atoms with Crippen LogP contribution in [0.4, 0.5) is 13.2 Å². The van der Waals surface area contributed by atoms with Crippen molar-refractivity contribution in [3.05, 3.63) is 23.4 Å². The molecule has 0 rings (SSSR count). The molecule has 0 aliphatic rings. The average molecular weight is 207 g/mol.